The molecular formula is C48H48N4. The highest BCUT2D eigenvalue weighted by Gasteiger charge is 2.29. The number of nitrogens with one attached hydrogen (secondary N) is 3. The zero-order chi connectivity index (χ0) is 36.0. The fourth-order valence-corrected chi connectivity index (χ4v) is 7.53. The van der Waals surface area contributed by atoms with E-state index in [4.69, 9.17) is 0 Å². The van der Waals surface area contributed by atoms with E-state index in [1.807, 2.05) is 7.05 Å². The number of hydrogen-bond acceptors (Lipinski definition) is 2. The molecule has 0 fully saturated rings. The first kappa shape index (κ1) is 34.4. The van der Waals surface area contributed by atoms with Crippen molar-refractivity contribution in [2.45, 2.75) is 39.7 Å². The second kappa shape index (κ2) is 15.5. The summed E-state index contributed by atoms with van der Waals surface area (Å²) in [7, 11) is 4.24. The van der Waals surface area contributed by atoms with Crippen molar-refractivity contribution in [1.82, 2.24) is 20.2 Å². The predicted molar refractivity (Wildman–Crippen MR) is 220 cm³/mol. The van der Waals surface area contributed by atoms with Gasteiger partial charge in [0.15, 0.2) is 0 Å². The standard InChI is InChI=1S/C48H48N4/c1-6-8-18-34(7-2)38-24-16-25-40(49-4)46(35-19-11-9-12-20-35)41-28-29-42(51-41)47(36-21-13-10-14-22-36)44-30-31-45(52(44)5)48(43-27-26-39(38)50-43)37-23-15-17-33(3)32-37/h7-23,25-32,45,49-51H,6,24H2,1-5H3/b18-8-,25-16-,34-7+,39-38+,46-40-,47-44-,48-43-. The summed E-state index contributed by atoms with van der Waals surface area (Å²) < 4.78 is 0. The summed E-state index contributed by atoms with van der Waals surface area (Å²) >= 11 is 0. The Kier molecular flexibility index (Phi) is 10.3. The number of rotatable bonds is 7. The molecule has 7 rings (SSSR count). The third-order valence-electron chi connectivity index (χ3n) is 10.1. The first-order valence-corrected chi connectivity index (χ1v) is 18.4. The van der Waals surface area contributed by atoms with Crippen molar-refractivity contribution in [3.8, 4) is 0 Å². The van der Waals surface area contributed by atoms with Gasteiger partial charge in [0, 0.05) is 64.3 Å². The summed E-state index contributed by atoms with van der Waals surface area (Å²) in [5.74, 6) is 0. The average Bonchev–Trinajstić information content (AvgIpc) is 3.93. The number of nitrogens with zero attached hydrogens (tertiary/aromatic N) is 1. The van der Waals surface area contributed by atoms with Crippen LogP contribution in [0, 0.1) is 6.92 Å². The molecule has 0 aliphatic carbocycles. The predicted octanol–water partition coefficient (Wildman–Crippen LogP) is 9.18. The Balaban J connectivity index is 1.57. The van der Waals surface area contributed by atoms with Gasteiger partial charge in [0.25, 0.3) is 0 Å². The maximum absolute atomic E-state index is 3.93. The van der Waals surface area contributed by atoms with Gasteiger partial charge in [0.05, 0.1) is 6.04 Å². The Morgan fingerprint density at radius 2 is 1.46 bits per heavy atom. The van der Waals surface area contributed by atoms with Crippen LogP contribution in [0.4, 0.5) is 0 Å². The smallest absolute Gasteiger partial charge is 0.0753 e. The van der Waals surface area contributed by atoms with Crippen molar-refractivity contribution >= 4 is 22.3 Å². The minimum absolute atomic E-state index is 0.00678. The lowest BCUT2D eigenvalue weighted by Gasteiger charge is -2.28. The highest BCUT2D eigenvalue weighted by molar-refractivity contribution is 5.87. The molecule has 0 saturated heterocycles. The number of aryl methyl sites for hydroxylation is 1. The van der Waals surface area contributed by atoms with Crippen LogP contribution in [0.1, 0.15) is 60.3 Å². The minimum Gasteiger partial charge on any atom is -0.388 e. The van der Waals surface area contributed by atoms with E-state index in [0.29, 0.717) is 0 Å². The van der Waals surface area contributed by atoms with Crippen LogP contribution in [0.15, 0.2) is 169 Å². The Hall–Kier alpha value is -6.00. The van der Waals surface area contributed by atoms with E-state index in [9.17, 15) is 0 Å². The van der Waals surface area contributed by atoms with E-state index >= 15 is 0 Å². The summed E-state index contributed by atoms with van der Waals surface area (Å²) in [6.45, 7) is 6.49. The molecule has 0 amide bonds. The summed E-state index contributed by atoms with van der Waals surface area (Å²) in [6.07, 6.45) is 17.6. The number of aromatic nitrogens is 2. The van der Waals surface area contributed by atoms with Crippen molar-refractivity contribution in [1.29, 1.82) is 0 Å². The Morgan fingerprint density at radius 3 is 2.13 bits per heavy atom. The lowest BCUT2D eigenvalue weighted by atomic mass is 9.96. The average molecular weight is 681 g/mol. The number of aromatic amines is 2. The van der Waals surface area contributed by atoms with Gasteiger partial charge in [-0.1, -0.05) is 128 Å². The fourth-order valence-electron chi connectivity index (χ4n) is 7.53. The molecule has 0 saturated carbocycles. The molecule has 5 aromatic rings. The van der Waals surface area contributed by atoms with Crippen molar-refractivity contribution in [3.05, 3.63) is 213 Å². The van der Waals surface area contributed by atoms with Crippen molar-refractivity contribution in [2.24, 2.45) is 0 Å². The van der Waals surface area contributed by atoms with Gasteiger partial charge in [-0.05, 0) is 90.9 Å². The fraction of sp³-hybridized carbons (Fsp3) is 0.167. The van der Waals surface area contributed by atoms with Gasteiger partial charge < -0.3 is 20.2 Å². The molecule has 3 N–H and O–H groups in total. The van der Waals surface area contributed by atoms with Gasteiger partial charge >= 0.3 is 0 Å². The third kappa shape index (κ3) is 6.85. The van der Waals surface area contributed by atoms with Crippen molar-refractivity contribution < 1.29 is 0 Å². The van der Waals surface area contributed by atoms with E-state index in [0.717, 1.165) is 63.0 Å². The topological polar surface area (TPSA) is 46.9 Å². The largest absolute Gasteiger partial charge is 0.388 e. The van der Waals surface area contributed by atoms with Crippen LogP contribution >= 0.6 is 0 Å². The van der Waals surface area contributed by atoms with E-state index in [-0.39, 0.29) is 6.04 Å². The first-order valence-electron chi connectivity index (χ1n) is 18.4. The van der Waals surface area contributed by atoms with Crippen molar-refractivity contribution in [3.63, 3.8) is 0 Å². The number of benzene rings is 3. The van der Waals surface area contributed by atoms with Gasteiger partial charge in [0.1, 0.15) is 0 Å². The monoisotopic (exact) mass is 680 g/mol. The number of likely N-dealkylation sites (N-methyl/N-ethyl adjacent to an activating group) is 2. The van der Waals surface area contributed by atoms with Gasteiger partial charge in [0.2, 0.25) is 0 Å². The molecule has 260 valence electrons. The Labute approximate surface area is 308 Å². The molecule has 4 nitrogen and oxygen atoms in total. The molecule has 3 aromatic carbocycles. The van der Waals surface area contributed by atoms with Gasteiger partial charge in [-0.2, -0.15) is 0 Å². The summed E-state index contributed by atoms with van der Waals surface area (Å²) in [6, 6.07) is 39.3. The molecule has 0 spiro atoms. The maximum Gasteiger partial charge on any atom is 0.0753 e. The number of allylic oxidation sites excluding steroid dienone is 7. The molecule has 4 heterocycles. The van der Waals surface area contributed by atoms with Crippen LogP contribution in [-0.2, 0) is 0 Å². The molecule has 1 unspecified atom stereocenters. The van der Waals surface area contributed by atoms with Gasteiger partial charge in [-0.3, -0.25) is 0 Å². The lowest BCUT2D eigenvalue weighted by Crippen LogP contribution is -2.31. The maximum atomic E-state index is 3.93. The van der Waals surface area contributed by atoms with E-state index in [2.05, 4.69) is 200 Å². The summed E-state index contributed by atoms with van der Waals surface area (Å²) in [5.41, 5.74) is 15.1. The number of hydrogen-bond donors (Lipinski definition) is 3. The summed E-state index contributed by atoms with van der Waals surface area (Å²) in [5, 5.41) is 5.80. The second-order valence-electron chi connectivity index (χ2n) is 13.4. The van der Waals surface area contributed by atoms with Gasteiger partial charge in [-0.25, -0.2) is 0 Å². The zero-order valence-corrected chi connectivity index (χ0v) is 30.9. The van der Waals surface area contributed by atoms with Crippen LogP contribution in [0.2, 0.25) is 0 Å². The van der Waals surface area contributed by atoms with Crippen LogP contribution in [0.25, 0.3) is 22.3 Å². The molecule has 52 heavy (non-hydrogen) atoms. The van der Waals surface area contributed by atoms with E-state index < -0.39 is 0 Å². The molecule has 4 heteroatoms. The second-order valence-corrected chi connectivity index (χ2v) is 13.4. The molecular weight excluding hydrogens is 633 g/mol. The quantitative estimate of drug-likeness (QED) is 0.150. The van der Waals surface area contributed by atoms with Crippen LogP contribution in [-0.4, -0.2) is 35.0 Å². The molecule has 2 aliphatic heterocycles. The number of fused-ring (bicyclic) bond motifs is 6. The lowest BCUT2D eigenvalue weighted by molar-refractivity contribution is 0.442. The molecule has 1 atom stereocenters. The summed E-state index contributed by atoms with van der Waals surface area (Å²) in [4.78, 5) is 10.3. The van der Waals surface area contributed by atoms with Crippen LogP contribution < -0.4 is 16.0 Å². The highest BCUT2D eigenvalue weighted by Crippen LogP contribution is 2.37. The van der Waals surface area contributed by atoms with Gasteiger partial charge in [-0.15, -0.1) is 0 Å². The minimum atomic E-state index is 0.00678. The number of H-pyrrole nitrogens is 2. The third-order valence-corrected chi connectivity index (χ3v) is 10.1. The van der Waals surface area contributed by atoms with Crippen LogP contribution in [0.5, 0.6) is 0 Å². The highest BCUT2D eigenvalue weighted by atomic mass is 15.2. The SMILES string of the molecule is C/C=C(\C=C/CC)C1=c2\cc/c([nH]2)=C(\c2cccc(C)c2)C2C=C/C(=C(\c3ccccc3)c3ccc([nH]3)/C(c3ccccc3)=C(NC)/C=C\C\1)N2C. The Bertz CT molecular complexity index is 2370. The van der Waals surface area contributed by atoms with Crippen molar-refractivity contribution in [2.75, 3.05) is 14.1 Å². The van der Waals surface area contributed by atoms with E-state index in [1.165, 1.54) is 33.4 Å². The zero-order valence-electron chi connectivity index (χ0n) is 30.9. The molecule has 2 aromatic heterocycles. The molecule has 0 radical (unpaired) electrons. The molecule has 2 aliphatic rings. The Morgan fingerprint density at radius 1 is 0.788 bits per heavy atom. The van der Waals surface area contributed by atoms with Crippen LogP contribution in [0.3, 0.4) is 0 Å². The first-order chi connectivity index (χ1) is 25.5. The molecule has 6 bridgehead atoms. The van der Waals surface area contributed by atoms with E-state index in [1.54, 1.807) is 0 Å². The normalized spacial score (nSPS) is 22.2.